The molecule has 0 atom stereocenters. The first kappa shape index (κ1) is 46.3. The molecule has 0 fully saturated rings. The van der Waals surface area contributed by atoms with Crippen molar-refractivity contribution in [2.24, 2.45) is 10.2 Å². The van der Waals surface area contributed by atoms with Crippen molar-refractivity contribution in [1.29, 1.82) is 0 Å². The number of hydrogen-bond donors (Lipinski definition) is 0. The van der Waals surface area contributed by atoms with Crippen LogP contribution in [0, 0.1) is 6.92 Å². The summed E-state index contributed by atoms with van der Waals surface area (Å²) in [5.74, 6) is 1.57. The Hall–Kier alpha value is -5.76. The molecule has 8 heteroatoms. The maximum Gasteiger partial charge on any atom is 0.343 e. The normalized spacial score (nSPS) is 11.1. The lowest BCUT2D eigenvalue weighted by atomic mass is 10.1. The zero-order valence-electron chi connectivity index (χ0n) is 36.3. The summed E-state index contributed by atoms with van der Waals surface area (Å²) in [7, 11) is 0. The highest BCUT2D eigenvalue weighted by Gasteiger charge is 2.12. The third kappa shape index (κ3) is 18.2. The van der Waals surface area contributed by atoms with E-state index < -0.39 is 5.97 Å². The molecule has 0 aromatic heterocycles. The third-order valence-electron chi connectivity index (χ3n) is 10.5. The van der Waals surface area contributed by atoms with Gasteiger partial charge in [-0.2, -0.15) is 10.2 Å². The molecule has 61 heavy (non-hydrogen) atoms. The number of rotatable bonds is 28. The van der Waals surface area contributed by atoms with E-state index in [2.05, 4.69) is 29.3 Å². The molecule has 8 nitrogen and oxygen atoms in total. The lowest BCUT2D eigenvalue weighted by Crippen LogP contribution is -2.08. The number of hydrogen-bond acceptors (Lipinski definition) is 8. The number of esters is 2. The van der Waals surface area contributed by atoms with Crippen LogP contribution < -0.4 is 18.9 Å². The first-order chi connectivity index (χ1) is 29.9. The Morgan fingerprint density at radius 1 is 0.459 bits per heavy atom. The maximum atomic E-state index is 13.2. The average Bonchev–Trinajstić information content (AvgIpc) is 3.28. The monoisotopic (exact) mass is 824 g/mol. The van der Waals surface area contributed by atoms with E-state index in [1.54, 1.807) is 24.3 Å². The summed E-state index contributed by atoms with van der Waals surface area (Å²) in [4.78, 5) is 25.6. The van der Waals surface area contributed by atoms with Gasteiger partial charge in [0, 0.05) is 24.6 Å². The third-order valence-corrected chi connectivity index (χ3v) is 10.5. The van der Waals surface area contributed by atoms with Crippen LogP contribution in [0.3, 0.4) is 0 Å². The summed E-state index contributed by atoms with van der Waals surface area (Å²) in [6.45, 7) is 5.47. The molecule has 0 radical (unpaired) electrons. The first-order valence-electron chi connectivity index (χ1n) is 22.5. The van der Waals surface area contributed by atoms with Crippen LogP contribution in [0.5, 0.6) is 23.0 Å². The van der Waals surface area contributed by atoms with Gasteiger partial charge >= 0.3 is 11.9 Å². The first-order valence-corrected chi connectivity index (χ1v) is 22.5. The number of carbonyl (C=O) groups is 2. The molecule has 0 heterocycles. The number of carbonyl (C=O) groups excluding carboxylic acids is 2. The second-order valence-electron chi connectivity index (χ2n) is 15.7. The lowest BCUT2D eigenvalue weighted by molar-refractivity contribution is -0.134. The van der Waals surface area contributed by atoms with E-state index in [1.807, 2.05) is 91.9 Å². The van der Waals surface area contributed by atoms with E-state index in [0.717, 1.165) is 85.9 Å². The zero-order valence-corrected chi connectivity index (χ0v) is 36.3. The SMILES string of the molecule is CCCCCCCCCCOc1ccc(C(=O)Oc2cc(N=Nc3ccc(C)cc3)cc(OCCCCCCCCCCC(=O)Oc3ccc(-c4ccccc4)cc3)c2)cc1. The molecule has 0 N–H and O–H groups in total. The van der Waals surface area contributed by atoms with Gasteiger partial charge in [-0.1, -0.05) is 151 Å². The topological polar surface area (TPSA) is 95.8 Å². The van der Waals surface area contributed by atoms with E-state index in [1.165, 1.54) is 44.9 Å². The summed E-state index contributed by atoms with van der Waals surface area (Å²) < 4.78 is 23.4. The Morgan fingerprint density at radius 3 is 1.62 bits per heavy atom. The number of aryl methyl sites for hydroxylation is 1. The van der Waals surface area contributed by atoms with Gasteiger partial charge in [0.2, 0.25) is 0 Å². The van der Waals surface area contributed by atoms with Gasteiger partial charge in [0.25, 0.3) is 0 Å². The Labute approximate surface area is 363 Å². The highest BCUT2D eigenvalue weighted by Crippen LogP contribution is 2.31. The second kappa shape index (κ2) is 27.2. The van der Waals surface area contributed by atoms with E-state index in [-0.39, 0.29) is 5.97 Å². The van der Waals surface area contributed by atoms with Gasteiger partial charge in [0.05, 0.1) is 30.2 Å². The van der Waals surface area contributed by atoms with Crippen molar-refractivity contribution in [2.45, 2.75) is 123 Å². The summed E-state index contributed by atoms with van der Waals surface area (Å²) in [6, 6.07) is 37.9. The summed E-state index contributed by atoms with van der Waals surface area (Å²) in [5.41, 5.74) is 5.05. The number of ether oxygens (including phenoxy) is 4. The Bertz CT molecular complexity index is 2030. The van der Waals surface area contributed by atoms with Gasteiger partial charge in [0.15, 0.2) is 0 Å². The molecular weight excluding hydrogens is 761 g/mol. The number of benzene rings is 5. The summed E-state index contributed by atoms with van der Waals surface area (Å²) in [5, 5.41) is 8.82. The number of azo groups is 1. The molecule has 0 saturated carbocycles. The molecule has 322 valence electrons. The van der Waals surface area contributed by atoms with Crippen LogP contribution in [-0.2, 0) is 4.79 Å². The molecule has 0 aliphatic carbocycles. The van der Waals surface area contributed by atoms with E-state index >= 15 is 0 Å². The Balaban J connectivity index is 0.991. The molecule has 0 saturated heterocycles. The summed E-state index contributed by atoms with van der Waals surface area (Å²) in [6.07, 6.45) is 18.7. The fourth-order valence-electron chi connectivity index (χ4n) is 6.91. The molecule has 0 spiro atoms. The van der Waals surface area contributed by atoms with Crippen molar-refractivity contribution in [3.63, 3.8) is 0 Å². The van der Waals surface area contributed by atoms with Crippen LogP contribution in [0.1, 0.15) is 132 Å². The highest BCUT2D eigenvalue weighted by atomic mass is 16.5. The molecule has 0 amide bonds. The minimum atomic E-state index is -0.474. The van der Waals surface area contributed by atoms with Crippen molar-refractivity contribution in [2.75, 3.05) is 13.2 Å². The van der Waals surface area contributed by atoms with Gasteiger partial charge in [-0.15, -0.1) is 0 Å². The number of nitrogens with zero attached hydrogens (tertiary/aromatic N) is 2. The molecular formula is C53H64N2O6. The molecule has 0 aliphatic heterocycles. The van der Waals surface area contributed by atoms with E-state index in [0.29, 0.717) is 48.1 Å². The van der Waals surface area contributed by atoms with Gasteiger partial charge in [-0.3, -0.25) is 4.79 Å². The van der Waals surface area contributed by atoms with E-state index in [4.69, 9.17) is 18.9 Å². The maximum absolute atomic E-state index is 13.2. The van der Waals surface area contributed by atoms with Crippen LogP contribution in [0.2, 0.25) is 0 Å². The van der Waals surface area contributed by atoms with Crippen LogP contribution in [0.4, 0.5) is 11.4 Å². The van der Waals surface area contributed by atoms with Crippen LogP contribution >= 0.6 is 0 Å². The quantitative estimate of drug-likeness (QED) is 0.0216. The molecule has 0 aliphatic rings. The molecule has 5 aromatic rings. The Morgan fingerprint density at radius 2 is 0.984 bits per heavy atom. The van der Waals surface area contributed by atoms with Crippen LogP contribution in [-0.4, -0.2) is 25.2 Å². The zero-order chi connectivity index (χ0) is 42.7. The lowest BCUT2D eigenvalue weighted by Gasteiger charge is -2.11. The average molecular weight is 825 g/mol. The summed E-state index contributed by atoms with van der Waals surface area (Å²) >= 11 is 0. The van der Waals surface area contributed by atoms with E-state index in [9.17, 15) is 9.59 Å². The van der Waals surface area contributed by atoms with Crippen molar-refractivity contribution in [3.05, 3.63) is 132 Å². The van der Waals surface area contributed by atoms with Crippen molar-refractivity contribution in [3.8, 4) is 34.1 Å². The van der Waals surface area contributed by atoms with Crippen molar-refractivity contribution in [1.82, 2.24) is 0 Å². The number of unbranched alkanes of at least 4 members (excludes halogenated alkanes) is 14. The molecule has 5 rings (SSSR count). The standard InChI is InChI=1S/C53H64N2O6/c1-3-4-5-6-7-11-14-20-37-58-48-33-29-45(30-34-48)53(57)61-51-40-47(55-54-46-31-25-42(2)26-32-46)39-50(41-51)59-38-21-15-12-9-8-10-13-19-24-52(56)60-49-35-27-44(28-36-49)43-22-17-16-18-23-43/h16-18,22-23,25-36,39-41H,3-15,19-21,24,37-38H2,1-2H3. The predicted octanol–water partition coefficient (Wildman–Crippen LogP) is 15.3. The Kier molecular flexibility index (Phi) is 20.6. The minimum absolute atomic E-state index is 0.183. The largest absolute Gasteiger partial charge is 0.494 e. The van der Waals surface area contributed by atoms with Gasteiger partial charge in [-0.05, 0) is 85.8 Å². The van der Waals surface area contributed by atoms with Crippen molar-refractivity contribution < 1.29 is 28.5 Å². The van der Waals surface area contributed by atoms with Gasteiger partial charge < -0.3 is 18.9 Å². The van der Waals surface area contributed by atoms with Crippen LogP contribution in [0.25, 0.3) is 11.1 Å². The predicted molar refractivity (Wildman–Crippen MR) is 246 cm³/mol. The van der Waals surface area contributed by atoms with Crippen molar-refractivity contribution >= 4 is 23.3 Å². The van der Waals surface area contributed by atoms with Gasteiger partial charge in [0.1, 0.15) is 23.0 Å². The van der Waals surface area contributed by atoms with Crippen LogP contribution in [0.15, 0.2) is 132 Å². The highest BCUT2D eigenvalue weighted by molar-refractivity contribution is 5.91. The minimum Gasteiger partial charge on any atom is -0.494 e. The van der Waals surface area contributed by atoms with Gasteiger partial charge in [-0.25, -0.2) is 4.79 Å². The fraction of sp³-hybridized carbons (Fsp3) is 0.396. The smallest absolute Gasteiger partial charge is 0.343 e. The molecule has 0 unspecified atom stereocenters. The molecule has 0 bridgehead atoms. The molecule has 5 aromatic carbocycles. The second-order valence-corrected chi connectivity index (χ2v) is 15.7. The fourth-order valence-corrected chi connectivity index (χ4v) is 6.91.